The summed E-state index contributed by atoms with van der Waals surface area (Å²) in [5, 5.41) is 2.48. The number of amides is 2. The number of guanidine groups is 1. The van der Waals surface area contributed by atoms with E-state index in [9.17, 15) is 14.0 Å². The summed E-state index contributed by atoms with van der Waals surface area (Å²) in [5.41, 5.74) is 1.35. The van der Waals surface area contributed by atoms with E-state index < -0.39 is 24.1 Å². The standard InChI is InChI=1S/C21H26FN5O4S/c1-14(11-24-19(23-2)26-6-8-32-9-7-26)17-5-4-15(10-18(17)22)27-13-16(31-21(27)29)12-25-20(28)30-3/h4-5,10-11,16H,2,6-9,12-13H2,1,3H3,(H,25,28)/b14-11+,24-19?. The topological polar surface area (TPSA) is 95.8 Å². The lowest BCUT2D eigenvalue weighted by Crippen LogP contribution is -2.36. The molecule has 32 heavy (non-hydrogen) atoms. The monoisotopic (exact) mass is 463 g/mol. The van der Waals surface area contributed by atoms with E-state index in [1.54, 1.807) is 25.3 Å². The summed E-state index contributed by atoms with van der Waals surface area (Å²) in [4.78, 5) is 35.1. The molecule has 2 amide bonds. The molecule has 9 nitrogen and oxygen atoms in total. The number of allylic oxidation sites excluding steroid dienone is 1. The zero-order valence-corrected chi connectivity index (χ0v) is 18.9. The Balaban J connectivity index is 1.69. The molecule has 1 N–H and O–H groups in total. The zero-order valence-electron chi connectivity index (χ0n) is 18.0. The highest BCUT2D eigenvalue weighted by Crippen LogP contribution is 2.27. The second-order valence-corrected chi connectivity index (χ2v) is 8.38. The number of carbonyl (C=O) groups excluding carboxylic acids is 2. The van der Waals surface area contributed by atoms with Crippen LogP contribution in [0.2, 0.25) is 0 Å². The van der Waals surface area contributed by atoms with Crippen LogP contribution in [-0.4, -0.2) is 80.7 Å². The molecular formula is C21H26FN5O4S. The number of thioether (sulfide) groups is 1. The molecule has 0 radical (unpaired) electrons. The van der Waals surface area contributed by atoms with Crippen molar-refractivity contribution < 1.29 is 23.5 Å². The van der Waals surface area contributed by atoms with Crippen LogP contribution in [-0.2, 0) is 9.47 Å². The van der Waals surface area contributed by atoms with Gasteiger partial charge in [0, 0.05) is 36.4 Å². The molecule has 0 spiro atoms. The van der Waals surface area contributed by atoms with Crippen LogP contribution in [0.25, 0.3) is 5.57 Å². The molecule has 3 rings (SSSR count). The lowest BCUT2D eigenvalue weighted by Gasteiger charge is -2.26. The molecule has 1 aromatic rings. The number of aliphatic imine (C=N–C) groups is 2. The molecule has 172 valence electrons. The van der Waals surface area contributed by atoms with Gasteiger partial charge in [-0.2, -0.15) is 11.8 Å². The Bertz CT molecular complexity index is 933. The van der Waals surface area contributed by atoms with E-state index in [0.29, 0.717) is 22.8 Å². The molecular weight excluding hydrogens is 437 g/mol. The Kier molecular flexibility index (Phi) is 8.09. The van der Waals surface area contributed by atoms with Gasteiger partial charge in [0.05, 0.1) is 25.9 Å². The molecule has 2 aliphatic heterocycles. The van der Waals surface area contributed by atoms with E-state index >= 15 is 0 Å². The van der Waals surface area contributed by atoms with Gasteiger partial charge in [-0.3, -0.25) is 4.90 Å². The van der Waals surface area contributed by atoms with E-state index in [1.807, 2.05) is 11.8 Å². The number of methoxy groups -OCH3 is 1. The van der Waals surface area contributed by atoms with Crippen molar-refractivity contribution in [1.29, 1.82) is 0 Å². The predicted molar refractivity (Wildman–Crippen MR) is 124 cm³/mol. The van der Waals surface area contributed by atoms with Crippen molar-refractivity contribution in [1.82, 2.24) is 10.2 Å². The first kappa shape index (κ1) is 23.6. The quantitative estimate of drug-likeness (QED) is 0.533. The molecule has 0 aromatic heterocycles. The van der Waals surface area contributed by atoms with Crippen LogP contribution in [0.1, 0.15) is 12.5 Å². The first-order valence-electron chi connectivity index (χ1n) is 10.1. The van der Waals surface area contributed by atoms with Crippen molar-refractivity contribution in [3.8, 4) is 0 Å². The number of alkyl carbamates (subject to hydrolysis) is 1. The highest BCUT2D eigenvalue weighted by atomic mass is 32.2. The molecule has 1 atom stereocenters. The van der Waals surface area contributed by atoms with Gasteiger partial charge in [-0.15, -0.1) is 0 Å². The first-order valence-corrected chi connectivity index (χ1v) is 11.2. The van der Waals surface area contributed by atoms with E-state index in [-0.39, 0.29) is 13.1 Å². The second-order valence-electron chi connectivity index (χ2n) is 7.15. The van der Waals surface area contributed by atoms with Crippen molar-refractivity contribution in [2.24, 2.45) is 9.98 Å². The largest absolute Gasteiger partial charge is 0.453 e. The van der Waals surface area contributed by atoms with Crippen molar-refractivity contribution in [3.05, 3.63) is 35.8 Å². The van der Waals surface area contributed by atoms with Gasteiger partial charge >= 0.3 is 12.2 Å². The highest BCUT2D eigenvalue weighted by molar-refractivity contribution is 7.99. The molecule has 2 saturated heterocycles. The molecule has 1 unspecified atom stereocenters. The fraction of sp³-hybridized carbons (Fsp3) is 0.429. The molecule has 2 fully saturated rings. The Morgan fingerprint density at radius 1 is 1.44 bits per heavy atom. The number of carbonyl (C=O) groups is 2. The van der Waals surface area contributed by atoms with Gasteiger partial charge in [-0.05, 0) is 37.4 Å². The Morgan fingerprint density at radius 2 is 2.19 bits per heavy atom. The summed E-state index contributed by atoms with van der Waals surface area (Å²) < 4.78 is 24.6. The summed E-state index contributed by atoms with van der Waals surface area (Å²) >= 11 is 1.88. The van der Waals surface area contributed by atoms with Crippen LogP contribution in [0.3, 0.4) is 0 Å². The minimum absolute atomic E-state index is 0.102. The minimum Gasteiger partial charge on any atom is -0.453 e. The van der Waals surface area contributed by atoms with E-state index in [2.05, 4.69) is 31.7 Å². The summed E-state index contributed by atoms with van der Waals surface area (Å²) in [7, 11) is 1.25. The number of cyclic esters (lactones) is 1. The van der Waals surface area contributed by atoms with E-state index in [0.717, 1.165) is 24.6 Å². The third-order valence-corrected chi connectivity index (χ3v) is 5.97. The van der Waals surface area contributed by atoms with Gasteiger partial charge < -0.3 is 19.7 Å². The lowest BCUT2D eigenvalue weighted by atomic mass is 10.1. The maximum Gasteiger partial charge on any atom is 0.414 e. The molecule has 0 aliphatic carbocycles. The minimum atomic E-state index is -0.617. The van der Waals surface area contributed by atoms with Gasteiger partial charge in [0.25, 0.3) is 0 Å². The second kappa shape index (κ2) is 11.0. The summed E-state index contributed by atoms with van der Waals surface area (Å²) in [6.45, 7) is 7.33. The van der Waals surface area contributed by atoms with Gasteiger partial charge in [-0.25, -0.2) is 24.0 Å². The zero-order chi connectivity index (χ0) is 23.1. The maximum atomic E-state index is 14.8. The molecule has 11 heteroatoms. The maximum absolute atomic E-state index is 14.8. The third kappa shape index (κ3) is 5.78. The normalized spacial score (nSPS) is 19.6. The van der Waals surface area contributed by atoms with E-state index in [4.69, 9.17) is 4.74 Å². The van der Waals surface area contributed by atoms with Gasteiger partial charge in [0.2, 0.25) is 5.96 Å². The molecule has 2 heterocycles. The number of anilines is 1. The van der Waals surface area contributed by atoms with Gasteiger partial charge in [0.1, 0.15) is 11.9 Å². The average molecular weight is 464 g/mol. The van der Waals surface area contributed by atoms with Gasteiger partial charge in [0.15, 0.2) is 0 Å². The Morgan fingerprint density at radius 3 is 2.84 bits per heavy atom. The fourth-order valence-corrected chi connectivity index (χ4v) is 4.21. The van der Waals surface area contributed by atoms with Crippen LogP contribution in [0.5, 0.6) is 0 Å². The summed E-state index contributed by atoms with van der Waals surface area (Å²) in [6, 6.07) is 4.52. The number of rotatable bonds is 5. The van der Waals surface area contributed by atoms with Crippen LogP contribution in [0, 0.1) is 5.82 Å². The molecule has 2 aliphatic rings. The summed E-state index contributed by atoms with van der Waals surface area (Å²) in [5.74, 6) is 2.04. The first-order chi connectivity index (χ1) is 15.4. The Hall–Kier alpha value is -3.08. The van der Waals surface area contributed by atoms with Crippen molar-refractivity contribution in [3.63, 3.8) is 0 Å². The smallest absolute Gasteiger partial charge is 0.414 e. The number of benzene rings is 1. The van der Waals surface area contributed by atoms with Crippen LogP contribution in [0.4, 0.5) is 19.7 Å². The van der Waals surface area contributed by atoms with E-state index in [1.165, 1.54) is 18.1 Å². The lowest BCUT2D eigenvalue weighted by molar-refractivity contribution is 0.132. The van der Waals surface area contributed by atoms with Crippen LogP contribution >= 0.6 is 11.8 Å². The Labute approximate surface area is 190 Å². The van der Waals surface area contributed by atoms with Crippen molar-refractivity contribution >= 4 is 47.9 Å². The number of ether oxygens (including phenoxy) is 2. The van der Waals surface area contributed by atoms with Gasteiger partial charge in [-0.1, -0.05) is 0 Å². The number of hydrogen-bond acceptors (Lipinski definition) is 6. The number of nitrogens with one attached hydrogen (secondary N) is 1. The molecule has 0 saturated carbocycles. The fourth-order valence-electron chi connectivity index (χ4n) is 3.31. The average Bonchev–Trinajstić information content (AvgIpc) is 3.18. The summed E-state index contributed by atoms with van der Waals surface area (Å²) in [6.07, 6.45) is -0.207. The van der Waals surface area contributed by atoms with Crippen LogP contribution in [0.15, 0.2) is 34.4 Å². The number of hydrogen-bond donors (Lipinski definition) is 1. The van der Waals surface area contributed by atoms with Crippen molar-refractivity contribution in [2.45, 2.75) is 13.0 Å². The van der Waals surface area contributed by atoms with Crippen molar-refractivity contribution in [2.75, 3.05) is 49.7 Å². The molecule has 1 aromatic carbocycles. The highest BCUT2D eigenvalue weighted by Gasteiger charge is 2.33. The molecule has 0 bridgehead atoms. The number of halogens is 1. The third-order valence-electron chi connectivity index (χ3n) is 5.03. The SMILES string of the molecule is C=NC(=N/C=C(\C)c1ccc(N2CC(CNC(=O)OC)OC2=O)cc1F)N1CCSCC1. The number of nitrogens with zero attached hydrogens (tertiary/aromatic N) is 4. The predicted octanol–water partition coefficient (Wildman–Crippen LogP) is 2.97. The van der Waals surface area contributed by atoms with Crippen LogP contribution < -0.4 is 10.2 Å².